The van der Waals surface area contributed by atoms with Crippen LogP contribution in [0, 0.1) is 0 Å². The number of rotatable bonds is 3. The quantitative estimate of drug-likeness (QED) is 0.898. The lowest BCUT2D eigenvalue weighted by Crippen LogP contribution is -2.54. The van der Waals surface area contributed by atoms with Crippen LogP contribution in [0.2, 0.25) is 0 Å². The van der Waals surface area contributed by atoms with Crippen molar-refractivity contribution in [3.8, 4) is 0 Å². The van der Waals surface area contributed by atoms with Gasteiger partial charge in [-0.1, -0.05) is 6.07 Å². The van der Waals surface area contributed by atoms with Crippen molar-refractivity contribution in [1.29, 1.82) is 0 Å². The fourth-order valence-electron chi connectivity index (χ4n) is 3.47. The number of aryl methyl sites for hydroxylation is 2. The Morgan fingerprint density at radius 3 is 2.67 bits per heavy atom. The minimum absolute atomic E-state index is 0.0283. The van der Waals surface area contributed by atoms with Crippen LogP contribution >= 0.6 is 0 Å². The second kappa shape index (κ2) is 5.71. The molecule has 4 nitrogen and oxygen atoms in total. The number of fused-ring (bicyclic) bond motifs is 1. The predicted octanol–water partition coefficient (Wildman–Crippen LogP) is 1.98. The van der Waals surface area contributed by atoms with E-state index in [1.165, 1.54) is 11.1 Å². The third-order valence-corrected chi connectivity index (χ3v) is 6.24. The Morgan fingerprint density at radius 2 is 1.90 bits per heavy atom. The van der Waals surface area contributed by atoms with Gasteiger partial charge in [-0.05, 0) is 69.2 Å². The molecule has 1 fully saturated rings. The zero-order chi connectivity index (χ0) is 15.0. The first-order valence-electron chi connectivity index (χ1n) is 7.86. The molecule has 2 N–H and O–H groups in total. The topological polar surface area (TPSA) is 58.2 Å². The summed E-state index contributed by atoms with van der Waals surface area (Å²) in [7, 11) is -3.42. The molecule has 3 unspecified atom stereocenters. The molecule has 1 aromatic carbocycles. The monoisotopic (exact) mass is 308 g/mol. The number of piperidine rings is 1. The van der Waals surface area contributed by atoms with Crippen molar-refractivity contribution < 1.29 is 8.42 Å². The summed E-state index contributed by atoms with van der Waals surface area (Å²) >= 11 is 0. The molecule has 0 radical (unpaired) electrons. The van der Waals surface area contributed by atoms with E-state index in [-0.39, 0.29) is 12.1 Å². The summed E-state index contributed by atoms with van der Waals surface area (Å²) in [4.78, 5) is 0.411. The van der Waals surface area contributed by atoms with Gasteiger partial charge in [0.15, 0.2) is 0 Å². The molecule has 1 heterocycles. The molecule has 0 bridgehead atoms. The zero-order valence-electron chi connectivity index (χ0n) is 12.7. The van der Waals surface area contributed by atoms with Gasteiger partial charge in [-0.2, -0.15) is 0 Å². The average Bonchev–Trinajstić information content (AvgIpc) is 2.89. The van der Waals surface area contributed by atoms with Crippen molar-refractivity contribution >= 4 is 10.0 Å². The van der Waals surface area contributed by atoms with Gasteiger partial charge in [0.05, 0.1) is 4.90 Å². The van der Waals surface area contributed by atoms with E-state index in [9.17, 15) is 8.42 Å². The highest BCUT2D eigenvalue weighted by atomic mass is 32.2. The maximum Gasteiger partial charge on any atom is 0.240 e. The first-order chi connectivity index (χ1) is 9.95. The highest BCUT2D eigenvalue weighted by molar-refractivity contribution is 7.89. The summed E-state index contributed by atoms with van der Waals surface area (Å²) in [6.07, 6.45) is 5.09. The Kier molecular flexibility index (Phi) is 4.08. The van der Waals surface area contributed by atoms with Crippen LogP contribution in [0.5, 0.6) is 0 Å². The van der Waals surface area contributed by atoms with Gasteiger partial charge in [-0.15, -0.1) is 0 Å². The lowest BCUT2D eigenvalue weighted by molar-refractivity contribution is 0.297. The maximum atomic E-state index is 12.6. The highest BCUT2D eigenvalue weighted by Crippen LogP contribution is 2.25. The van der Waals surface area contributed by atoms with E-state index >= 15 is 0 Å². The fourth-order valence-corrected chi connectivity index (χ4v) is 4.87. The van der Waals surface area contributed by atoms with Gasteiger partial charge in [0.25, 0.3) is 0 Å². The summed E-state index contributed by atoms with van der Waals surface area (Å²) in [5.74, 6) is 0. The summed E-state index contributed by atoms with van der Waals surface area (Å²) in [5.41, 5.74) is 2.50. The molecular formula is C16H24N2O2S. The molecule has 2 aliphatic rings. The SMILES string of the molecule is CC1CCC(NS(=O)(=O)c2ccc3c(c2)CCC3)C(C)N1. The van der Waals surface area contributed by atoms with Gasteiger partial charge in [-0.3, -0.25) is 0 Å². The highest BCUT2D eigenvalue weighted by Gasteiger charge is 2.29. The molecule has 0 spiro atoms. The number of benzene rings is 1. The van der Waals surface area contributed by atoms with Crippen LogP contribution in [0.3, 0.4) is 0 Å². The second-order valence-corrected chi connectivity index (χ2v) is 8.16. The summed E-state index contributed by atoms with van der Waals surface area (Å²) in [6.45, 7) is 4.19. The molecule has 0 aromatic heterocycles. The first kappa shape index (κ1) is 15.0. The summed E-state index contributed by atoms with van der Waals surface area (Å²) < 4.78 is 28.1. The van der Waals surface area contributed by atoms with Crippen LogP contribution in [0.1, 0.15) is 44.2 Å². The van der Waals surface area contributed by atoms with E-state index < -0.39 is 10.0 Å². The molecule has 3 atom stereocenters. The standard InChI is InChI=1S/C16H24N2O2S/c1-11-6-9-16(12(2)17-11)18-21(19,20)15-8-7-13-4-3-5-14(13)10-15/h7-8,10-12,16-18H,3-6,9H2,1-2H3. The molecule has 3 rings (SSSR count). The van der Waals surface area contributed by atoms with E-state index in [2.05, 4.69) is 17.0 Å². The normalized spacial score (nSPS) is 29.3. The molecule has 1 aliphatic heterocycles. The van der Waals surface area contributed by atoms with E-state index in [0.29, 0.717) is 10.9 Å². The summed E-state index contributed by atoms with van der Waals surface area (Å²) in [5, 5.41) is 3.42. The van der Waals surface area contributed by atoms with E-state index in [1.54, 1.807) is 6.07 Å². The average molecular weight is 308 g/mol. The van der Waals surface area contributed by atoms with Crippen LogP contribution < -0.4 is 10.0 Å². The number of sulfonamides is 1. The molecule has 0 amide bonds. The van der Waals surface area contributed by atoms with Gasteiger partial charge in [-0.25, -0.2) is 13.1 Å². The smallest absolute Gasteiger partial charge is 0.240 e. The van der Waals surface area contributed by atoms with Crippen molar-refractivity contribution in [2.24, 2.45) is 0 Å². The van der Waals surface area contributed by atoms with Gasteiger partial charge in [0.2, 0.25) is 10.0 Å². The molecule has 1 aliphatic carbocycles. The summed E-state index contributed by atoms with van der Waals surface area (Å²) in [6, 6.07) is 6.17. The largest absolute Gasteiger partial charge is 0.310 e. The molecule has 1 saturated heterocycles. The van der Waals surface area contributed by atoms with E-state index in [1.807, 2.05) is 19.1 Å². The lowest BCUT2D eigenvalue weighted by Gasteiger charge is -2.34. The first-order valence-corrected chi connectivity index (χ1v) is 9.34. The van der Waals surface area contributed by atoms with Crippen LogP contribution in [0.25, 0.3) is 0 Å². The Balaban J connectivity index is 1.78. The minimum atomic E-state index is -3.42. The number of hydrogen-bond donors (Lipinski definition) is 2. The van der Waals surface area contributed by atoms with Gasteiger partial charge in [0.1, 0.15) is 0 Å². The Labute approximate surface area is 127 Å². The van der Waals surface area contributed by atoms with E-state index in [0.717, 1.165) is 32.1 Å². The number of nitrogens with one attached hydrogen (secondary N) is 2. The Bertz CT molecular complexity index is 627. The van der Waals surface area contributed by atoms with Crippen molar-refractivity contribution in [1.82, 2.24) is 10.0 Å². The van der Waals surface area contributed by atoms with Crippen molar-refractivity contribution in [2.75, 3.05) is 0 Å². The van der Waals surface area contributed by atoms with Gasteiger partial charge < -0.3 is 5.32 Å². The van der Waals surface area contributed by atoms with Crippen LogP contribution in [0.4, 0.5) is 0 Å². The molecular weight excluding hydrogens is 284 g/mol. The van der Waals surface area contributed by atoms with Crippen LogP contribution in [-0.2, 0) is 22.9 Å². The molecule has 5 heteroatoms. The third-order valence-electron chi connectivity index (χ3n) is 4.75. The Morgan fingerprint density at radius 1 is 1.14 bits per heavy atom. The van der Waals surface area contributed by atoms with Crippen LogP contribution in [-0.4, -0.2) is 26.5 Å². The maximum absolute atomic E-state index is 12.6. The van der Waals surface area contributed by atoms with Crippen LogP contribution in [0.15, 0.2) is 23.1 Å². The van der Waals surface area contributed by atoms with Crippen molar-refractivity contribution in [3.63, 3.8) is 0 Å². The molecule has 116 valence electrons. The predicted molar refractivity (Wildman–Crippen MR) is 83.9 cm³/mol. The van der Waals surface area contributed by atoms with E-state index in [4.69, 9.17) is 0 Å². The zero-order valence-corrected chi connectivity index (χ0v) is 13.5. The fraction of sp³-hybridized carbons (Fsp3) is 0.625. The van der Waals surface area contributed by atoms with Crippen molar-refractivity contribution in [2.45, 2.75) is 69.0 Å². The lowest BCUT2D eigenvalue weighted by atomic mass is 9.96. The molecule has 21 heavy (non-hydrogen) atoms. The van der Waals surface area contributed by atoms with Crippen molar-refractivity contribution in [3.05, 3.63) is 29.3 Å². The minimum Gasteiger partial charge on any atom is -0.310 e. The third kappa shape index (κ3) is 3.15. The number of hydrogen-bond acceptors (Lipinski definition) is 3. The Hall–Kier alpha value is -0.910. The molecule has 0 saturated carbocycles. The van der Waals surface area contributed by atoms with Gasteiger partial charge >= 0.3 is 0 Å². The second-order valence-electron chi connectivity index (χ2n) is 6.45. The molecule has 1 aromatic rings. The van der Waals surface area contributed by atoms with Gasteiger partial charge in [0, 0.05) is 18.1 Å².